The number of aryl methyl sites for hydroxylation is 1. The van der Waals surface area contributed by atoms with Crippen LogP contribution in [-0.4, -0.2) is 39.8 Å². The van der Waals surface area contributed by atoms with E-state index in [9.17, 15) is 14.4 Å². The minimum absolute atomic E-state index is 0.0145. The summed E-state index contributed by atoms with van der Waals surface area (Å²) < 4.78 is 21.3. The van der Waals surface area contributed by atoms with Crippen LogP contribution in [-0.2, 0) is 22.4 Å². The monoisotopic (exact) mass is 437 g/mol. The highest BCUT2D eigenvalue weighted by Gasteiger charge is 2.31. The molecule has 2 heterocycles. The van der Waals surface area contributed by atoms with Gasteiger partial charge in [-0.2, -0.15) is 0 Å². The number of benzene rings is 2. The van der Waals surface area contributed by atoms with Gasteiger partial charge in [0.2, 0.25) is 0 Å². The van der Waals surface area contributed by atoms with E-state index in [-0.39, 0.29) is 29.2 Å². The lowest BCUT2D eigenvalue weighted by atomic mass is 9.98. The van der Waals surface area contributed by atoms with Gasteiger partial charge < -0.3 is 23.5 Å². The van der Waals surface area contributed by atoms with Crippen LogP contribution in [0.3, 0.4) is 0 Å². The summed E-state index contributed by atoms with van der Waals surface area (Å²) in [7, 11) is 4.14. The Labute approximate surface area is 184 Å². The molecule has 8 nitrogen and oxygen atoms in total. The van der Waals surface area contributed by atoms with Gasteiger partial charge in [-0.3, -0.25) is 9.59 Å². The van der Waals surface area contributed by atoms with Gasteiger partial charge in [0.25, 0.3) is 5.91 Å². The predicted molar refractivity (Wildman–Crippen MR) is 118 cm³/mol. The number of rotatable bonds is 5. The van der Waals surface area contributed by atoms with Crippen LogP contribution in [0, 0.1) is 0 Å². The number of hydrogen-bond donors (Lipinski definition) is 0. The topological polar surface area (TPSA) is 95.3 Å². The minimum Gasteiger partial charge on any atom is -0.496 e. The van der Waals surface area contributed by atoms with Crippen molar-refractivity contribution in [1.82, 2.24) is 0 Å². The molecule has 0 saturated carbocycles. The van der Waals surface area contributed by atoms with Crippen molar-refractivity contribution in [3.63, 3.8) is 0 Å². The highest BCUT2D eigenvalue weighted by molar-refractivity contribution is 6.16. The fourth-order valence-corrected chi connectivity index (χ4v) is 4.13. The second kappa shape index (κ2) is 8.74. The number of carbonyl (C=O) groups excluding carboxylic acids is 2. The van der Waals surface area contributed by atoms with E-state index < -0.39 is 11.6 Å². The van der Waals surface area contributed by atoms with Gasteiger partial charge in [0.05, 0.1) is 33.1 Å². The van der Waals surface area contributed by atoms with Crippen LogP contribution in [0.4, 0.5) is 5.69 Å². The number of amides is 1. The summed E-state index contributed by atoms with van der Waals surface area (Å²) in [5.41, 5.74) is 1.64. The van der Waals surface area contributed by atoms with Crippen molar-refractivity contribution in [2.75, 3.05) is 32.8 Å². The summed E-state index contributed by atoms with van der Waals surface area (Å²) in [6.45, 7) is 0.513. The van der Waals surface area contributed by atoms with Crippen molar-refractivity contribution in [1.29, 1.82) is 0 Å². The van der Waals surface area contributed by atoms with Crippen LogP contribution in [0.5, 0.6) is 11.5 Å². The van der Waals surface area contributed by atoms with Gasteiger partial charge >= 0.3 is 11.6 Å². The van der Waals surface area contributed by atoms with Crippen molar-refractivity contribution in [3.05, 3.63) is 63.5 Å². The van der Waals surface area contributed by atoms with E-state index >= 15 is 0 Å². The van der Waals surface area contributed by atoms with E-state index in [0.29, 0.717) is 23.2 Å². The fourth-order valence-electron chi connectivity index (χ4n) is 4.13. The van der Waals surface area contributed by atoms with Crippen LogP contribution in [0.15, 0.2) is 45.6 Å². The molecular weight excluding hydrogens is 414 g/mol. The largest absolute Gasteiger partial charge is 0.496 e. The Bertz CT molecular complexity index is 1260. The van der Waals surface area contributed by atoms with Crippen molar-refractivity contribution in [2.24, 2.45) is 0 Å². The predicted octanol–water partition coefficient (Wildman–Crippen LogP) is 3.12. The Hall–Kier alpha value is -3.81. The molecule has 0 unspecified atom stereocenters. The number of methoxy groups -OCH3 is 3. The maximum Gasteiger partial charge on any atom is 0.336 e. The molecule has 0 atom stereocenters. The number of hydrogen-bond acceptors (Lipinski definition) is 7. The molecule has 32 heavy (non-hydrogen) atoms. The number of para-hydroxylation sites is 1. The zero-order valence-corrected chi connectivity index (χ0v) is 18.1. The molecule has 1 aliphatic rings. The summed E-state index contributed by atoms with van der Waals surface area (Å²) in [4.78, 5) is 39.8. The molecule has 8 heteroatoms. The summed E-state index contributed by atoms with van der Waals surface area (Å²) in [5.74, 6) is -0.372. The molecule has 0 aliphatic carbocycles. The third-order valence-corrected chi connectivity index (χ3v) is 5.60. The first kappa shape index (κ1) is 21.4. The first-order chi connectivity index (χ1) is 15.5. The maximum atomic E-state index is 13.8. The summed E-state index contributed by atoms with van der Waals surface area (Å²) in [5, 5.41) is 0.354. The first-order valence-electron chi connectivity index (χ1n) is 10.2. The molecule has 4 rings (SSSR count). The highest BCUT2D eigenvalue weighted by Crippen LogP contribution is 2.39. The molecule has 0 bridgehead atoms. The Morgan fingerprint density at radius 1 is 1.06 bits per heavy atom. The fraction of sp³-hybridized carbons (Fsp3) is 0.292. The summed E-state index contributed by atoms with van der Waals surface area (Å²) in [6, 6.07) is 10.5. The van der Waals surface area contributed by atoms with Crippen molar-refractivity contribution in [3.8, 4) is 11.5 Å². The van der Waals surface area contributed by atoms with Crippen LogP contribution < -0.4 is 20.0 Å². The van der Waals surface area contributed by atoms with Gasteiger partial charge in [-0.15, -0.1) is 0 Å². The Morgan fingerprint density at radius 3 is 2.53 bits per heavy atom. The van der Waals surface area contributed by atoms with E-state index in [0.717, 1.165) is 24.1 Å². The summed E-state index contributed by atoms with van der Waals surface area (Å²) >= 11 is 0. The first-order valence-corrected chi connectivity index (χ1v) is 10.2. The van der Waals surface area contributed by atoms with E-state index in [1.54, 1.807) is 11.0 Å². The molecule has 0 fully saturated rings. The van der Waals surface area contributed by atoms with Crippen LogP contribution in [0.1, 0.15) is 27.9 Å². The zero-order chi connectivity index (χ0) is 22.8. The molecule has 166 valence electrons. The second-order valence-electron chi connectivity index (χ2n) is 7.39. The van der Waals surface area contributed by atoms with Gasteiger partial charge in [-0.1, -0.05) is 18.2 Å². The molecule has 0 N–H and O–H groups in total. The molecule has 1 aliphatic heterocycles. The lowest BCUT2D eigenvalue weighted by Crippen LogP contribution is -2.36. The molecule has 1 amide bonds. The Balaban J connectivity index is 1.98. The van der Waals surface area contributed by atoms with Crippen LogP contribution >= 0.6 is 0 Å². The number of anilines is 1. The zero-order valence-electron chi connectivity index (χ0n) is 18.1. The van der Waals surface area contributed by atoms with E-state index in [2.05, 4.69) is 0 Å². The average Bonchev–Trinajstić information content (AvgIpc) is 2.81. The van der Waals surface area contributed by atoms with Gasteiger partial charge in [0.1, 0.15) is 17.1 Å². The highest BCUT2D eigenvalue weighted by atomic mass is 16.5. The number of fused-ring (bicyclic) bond motifs is 2. The number of carbonyl (C=O) groups is 2. The average molecular weight is 437 g/mol. The standard InChI is InChI=1S/C24H23NO7/c1-29-17-13-18(30-2)22(23-21(17)15(11-19(26)31-3)12-20(27)32-23)24(28)25-10-6-8-14-7-4-5-9-16(14)25/h4-5,7,9,12-13H,6,8,10-11H2,1-3H3. The Morgan fingerprint density at radius 2 is 1.81 bits per heavy atom. The number of esters is 1. The minimum atomic E-state index is -0.695. The molecule has 2 aromatic carbocycles. The number of ether oxygens (including phenoxy) is 3. The van der Waals surface area contributed by atoms with E-state index in [1.807, 2.05) is 24.3 Å². The van der Waals surface area contributed by atoms with Crippen LogP contribution in [0.25, 0.3) is 11.0 Å². The third-order valence-electron chi connectivity index (χ3n) is 5.60. The third kappa shape index (κ3) is 3.68. The Kier molecular flexibility index (Phi) is 5.85. The molecule has 3 aromatic rings. The normalized spacial score (nSPS) is 12.9. The van der Waals surface area contributed by atoms with Gasteiger partial charge in [-0.25, -0.2) is 4.79 Å². The van der Waals surface area contributed by atoms with E-state index in [4.69, 9.17) is 18.6 Å². The number of nitrogens with zero attached hydrogens (tertiary/aromatic N) is 1. The van der Waals surface area contributed by atoms with Crippen LogP contribution in [0.2, 0.25) is 0 Å². The molecule has 1 aromatic heterocycles. The van der Waals surface area contributed by atoms with Crippen molar-refractivity contribution >= 4 is 28.5 Å². The smallest absolute Gasteiger partial charge is 0.336 e. The van der Waals surface area contributed by atoms with Gasteiger partial charge in [0.15, 0.2) is 5.58 Å². The quantitative estimate of drug-likeness (QED) is 0.447. The molecular formula is C24H23NO7. The molecule has 0 saturated heterocycles. The maximum absolute atomic E-state index is 13.8. The molecule has 0 spiro atoms. The SMILES string of the molecule is COC(=O)Cc1cc(=O)oc2c(C(=O)N3CCCc4ccccc43)c(OC)cc(OC)c12. The lowest BCUT2D eigenvalue weighted by Gasteiger charge is -2.30. The van der Waals surface area contributed by atoms with Crippen molar-refractivity contribution in [2.45, 2.75) is 19.3 Å². The van der Waals surface area contributed by atoms with Gasteiger partial charge in [-0.05, 0) is 30.0 Å². The van der Waals surface area contributed by atoms with E-state index in [1.165, 1.54) is 27.4 Å². The molecule has 0 radical (unpaired) electrons. The van der Waals surface area contributed by atoms with Gasteiger partial charge in [0, 0.05) is 24.4 Å². The van der Waals surface area contributed by atoms with Crippen molar-refractivity contribution < 1.29 is 28.2 Å². The summed E-state index contributed by atoms with van der Waals surface area (Å²) in [6.07, 6.45) is 1.50. The lowest BCUT2D eigenvalue weighted by molar-refractivity contribution is -0.139. The second-order valence-corrected chi connectivity index (χ2v) is 7.39.